The topological polar surface area (TPSA) is 24.9 Å². The summed E-state index contributed by atoms with van der Waals surface area (Å²) in [5.41, 5.74) is 15.0. The Hall–Kier alpha value is -4.05. The Morgan fingerprint density at radius 2 is 1.46 bits per heavy atom. The molecule has 4 aromatic carbocycles. The zero-order valence-corrected chi connectivity index (χ0v) is 33.2. The third kappa shape index (κ3) is 6.14. The Bertz CT molecular complexity index is 2080. The van der Waals surface area contributed by atoms with Gasteiger partial charge in [0.15, 0.2) is 0 Å². The monoisotopic (exact) mass is 837 g/mol. The zero-order chi connectivity index (χ0) is 34.7. The van der Waals surface area contributed by atoms with E-state index in [-0.39, 0.29) is 30.9 Å². The Kier molecular flexibility index (Phi) is 9.72. The van der Waals surface area contributed by atoms with Gasteiger partial charge in [-0.2, -0.15) is 11.6 Å². The number of hydrogen-bond acceptors (Lipinski definition) is 2. The maximum atomic E-state index is 4.22. The summed E-state index contributed by atoms with van der Waals surface area (Å²) >= 11 is 0. The number of pyridine rings is 1. The summed E-state index contributed by atoms with van der Waals surface area (Å²) in [7, 11) is 2.21. The molecule has 0 amide bonds. The quantitative estimate of drug-likeness (QED) is 0.131. The molecular formula is C45H48IrN4+. The van der Waals surface area contributed by atoms with E-state index < -0.39 is 0 Å². The van der Waals surface area contributed by atoms with Gasteiger partial charge in [0.1, 0.15) is 5.52 Å². The van der Waals surface area contributed by atoms with Gasteiger partial charge in [0, 0.05) is 11.9 Å². The number of anilines is 2. The van der Waals surface area contributed by atoms with Crippen LogP contribution in [0.4, 0.5) is 11.4 Å². The molecule has 0 N–H and O–H groups in total. The molecule has 256 valence electrons. The number of fused-ring (bicyclic) bond motifs is 3. The molecular weight excluding hydrogens is 789 g/mol. The number of imidazole rings is 1. The van der Waals surface area contributed by atoms with Crippen LogP contribution >= 0.6 is 0 Å². The summed E-state index contributed by atoms with van der Waals surface area (Å²) in [4.78, 5) is 6.58. The first-order chi connectivity index (χ1) is 23.4. The predicted molar refractivity (Wildman–Crippen MR) is 203 cm³/mol. The largest absolute Gasteiger partial charge is 3.00 e. The standard InChI is InChI=1S/C34H40N3.C11H8N.Ir/c1-21(2)23-12-10-13-24(22(3)4)31(23)36-20-37-30-19-26-25(33(5,6)16-17-34(26,7)8)18-29(30)35(9)27-14-11-15-28(36)32(27)37;1-2-6-10(7-3-1)11-8-4-5-9-12-11;/h10-15,18,21-22H,16-17H2,1-9H3;1-6,8-9H;/q2*-1;+3. The van der Waals surface area contributed by atoms with Crippen LogP contribution in [0, 0.1) is 18.5 Å². The maximum Gasteiger partial charge on any atom is 3.00 e. The molecule has 2 aliphatic rings. The van der Waals surface area contributed by atoms with Gasteiger partial charge in [-0.15, -0.1) is 47.5 Å². The van der Waals surface area contributed by atoms with Crippen molar-refractivity contribution in [2.75, 3.05) is 11.9 Å². The molecule has 0 atom stereocenters. The molecule has 5 heteroatoms. The average molecular weight is 837 g/mol. The fourth-order valence-corrected chi connectivity index (χ4v) is 7.62. The van der Waals surface area contributed by atoms with Crippen LogP contribution in [0.5, 0.6) is 0 Å². The number of nitrogens with zero attached hydrogens (tertiary/aromatic N) is 4. The van der Waals surface area contributed by atoms with Gasteiger partial charge in [-0.3, -0.25) is 4.57 Å². The van der Waals surface area contributed by atoms with Crippen LogP contribution in [0.1, 0.15) is 102 Å². The van der Waals surface area contributed by atoms with E-state index in [9.17, 15) is 0 Å². The van der Waals surface area contributed by atoms with Crippen LogP contribution in [0.3, 0.4) is 0 Å². The van der Waals surface area contributed by atoms with E-state index in [2.05, 4.69) is 142 Å². The minimum atomic E-state index is 0. The van der Waals surface area contributed by atoms with Crippen molar-refractivity contribution in [1.29, 1.82) is 0 Å². The Labute approximate surface area is 312 Å². The molecule has 0 unspecified atom stereocenters. The van der Waals surface area contributed by atoms with Crippen LogP contribution in [-0.4, -0.2) is 16.6 Å². The van der Waals surface area contributed by atoms with Crippen LogP contribution in [0.25, 0.3) is 33.7 Å². The number of aromatic nitrogens is 3. The summed E-state index contributed by atoms with van der Waals surface area (Å²) in [6.07, 6.45) is 8.01. The zero-order valence-electron chi connectivity index (χ0n) is 30.9. The molecule has 0 spiro atoms. The third-order valence-corrected chi connectivity index (χ3v) is 10.6. The number of benzene rings is 4. The SMILES string of the molecule is CC(C)c1cccc(C(C)C)c1-n1[c-][n+]2c3c(cccc31)N(C)c1cc3c([c-]c1-2)C(C)(C)CCC3(C)C.[Ir+3].[c-]1ccccc1-c1ccccn1. The fraction of sp³-hybridized carbons (Fsp3) is 0.333. The molecule has 8 rings (SSSR count). The van der Waals surface area contributed by atoms with E-state index in [0.717, 1.165) is 16.9 Å². The molecule has 0 fully saturated rings. The first-order valence-electron chi connectivity index (χ1n) is 17.7. The minimum absolute atomic E-state index is 0. The van der Waals surface area contributed by atoms with Gasteiger partial charge in [0.2, 0.25) is 0 Å². The summed E-state index contributed by atoms with van der Waals surface area (Å²) in [5, 5.41) is 0. The maximum absolute atomic E-state index is 4.22. The Morgan fingerprint density at radius 1 is 0.780 bits per heavy atom. The summed E-state index contributed by atoms with van der Waals surface area (Å²) in [6.45, 7) is 18.7. The van der Waals surface area contributed by atoms with Gasteiger partial charge in [-0.05, 0) is 65.4 Å². The van der Waals surface area contributed by atoms with Crippen LogP contribution in [0.2, 0.25) is 0 Å². The minimum Gasteiger partial charge on any atom is -0.404 e. The molecule has 2 aromatic heterocycles. The second-order valence-electron chi connectivity index (χ2n) is 15.6. The first-order valence-corrected chi connectivity index (χ1v) is 17.7. The number of hydrogen-bond donors (Lipinski definition) is 0. The van der Waals surface area contributed by atoms with Crippen LogP contribution in [0.15, 0.2) is 91.1 Å². The molecule has 1 aliphatic heterocycles. The number of rotatable bonds is 4. The molecule has 1 aliphatic carbocycles. The average Bonchev–Trinajstić information content (AvgIpc) is 3.49. The van der Waals surface area contributed by atoms with E-state index in [1.165, 1.54) is 63.2 Å². The third-order valence-electron chi connectivity index (χ3n) is 10.6. The van der Waals surface area contributed by atoms with Gasteiger partial charge in [0.25, 0.3) is 6.33 Å². The predicted octanol–water partition coefficient (Wildman–Crippen LogP) is 10.7. The van der Waals surface area contributed by atoms with Crippen molar-refractivity contribution in [2.24, 2.45) is 0 Å². The second-order valence-corrected chi connectivity index (χ2v) is 15.6. The fourth-order valence-electron chi connectivity index (χ4n) is 7.62. The van der Waals surface area contributed by atoms with Crippen molar-refractivity contribution in [1.82, 2.24) is 9.55 Å². The molecule has 50 heavy (non-hydrogen) atoms. The number of para-hydroxylation sites is 2. The molecule has 0 saturated heterocycles. The van der Waals surface area contributed by atoms with Crippen LogP contribution < -0.4 is 9.47 Å². The molecule has 6 aromatic rings. The van der Waals surface area contributed by atoms with Gasteiger partial charge >= 0.3 is 20.1 Å². The van der Waals surface area contributed by atoms with Crippen LogP contribution in [-0.2, 0) is 30.9 Å². The van der Waals surface area contributed by atoms with E-state index in [1.54, 1.807) is 6.20 Å². The molecule has 0 saturated carbocycles. The van der Waals surface area contributed by atoms with Gasteiger partial charge in [-0.25, -0.2) is 0 Å². The summed E-state index contributed by atoms with van der Waals surface area (Å²) < 4.78 is 4.62. The summed E-state index contributed by atoms with van der Waals surface area (Å²) in [5.74, 6) is 0.829. The van der Waals surface area contributed by atoms with Crippen molar-refractivity contribution in [3.8, 4) is 22.6 Å². The van der Waals surface area contributed by atoms with Gasteiger partial charge < -0.3 is 14.5 Å². The first kappa shape index (κ1) is 35.8. The summed E-state index contributed by atoms with van der Waals surface area (Å²) in [6, 6.07) is 36.7. The van der Waals surface area contributed by atoms with E-state index in [1.807, 2.05) is 42.5 Å². The van der Waals surface area contributed by atoms with E-state index in [4.69, 9.17) is 0 Å². The molecule has 0 bridgehead atoms. The van der Waals surface area contributed by atoms with Crippen molar-refractivity contribution in [3.05, 3.63) is 132 Å². The smallest absolute Gasteiger partial charge is 0.404 e. The van der Waals surface area contributed by atoms with Gasteiger partial charge in [-0.1, -0.05) is 115 Å². The normalized spacial score (nSPS) is 15.2. The second kappa shape index (κ2) is 13.6. The Balaban J connectivity index is 0.000000281. The molecule has 4 nitrogen and oxygen atoms in total. The molecule has 3 heterocycles. The van der Waals surface area contributed by atoms with Crippen molar-refractivity contribution in [2.45, 2.75) is 90.9 Å². The van der Waals surface area contributed by atoms with Gasteiger partial charge in [0.05, 0.1) is 11.2 Å². The van der Waals surface area contributed by atoms with Crippen molar-refractivity contribution < 1.29 is 24.7 Å². The van der Waals surface area contributed by atoms with Crippen molar-refractivity contribution >= 4 is 22.4 Å². The Morgan fingerprint density at radius 3 is 2.10 bits per heavy atom. The van der Waals surface area contributed by atoms with Crippen molar-refractivity contribution in [3.63, 3.8) is 0 Å². The van der Waals surface area contributed by atoms with E-state index >= 15 is 0 Å². The van der Waals surface area contributed by atoms with E-state index in [0.29, 0.717) is 11.8 Å². The molecule has 0 radical (unpaired) electrons.